The first-order valence-electron chi connectivity index (χ1n) is 6.81. The van der Waals surface area contributed by atoms with Gasteiger partial charge < -0.3 is 10.2 Å². The first-order chi connectivity index (χ1) is 10.1. The van der Waals surface area contributed by atoms with Crippen molar-refractivity contribution in [2.75, 3.05) is 27.2 Å². The predicted molar refractivity (Wildman–Crippen MR) is 91.2 cm³/mol. The van der Waals surface area contributed by atoms with Gasteiger partial charge in [0.2, 0.25) is 5.91 Å². The Kier molecular flexibility index (Phi) is 5.79. The van der Waals surface area contributed by atoms with E-state index in [1.807, 2.05) is 43.3 Å². The van der Waals surface area contributed by atoms with Crippen molar-refractivity contribution in [2.45, 2.75) is 6.42 Å². The zero-order chi connectivity index (χ0) is 15.2. The van der Waals surface area contributed by atoms with Crippen LogP contribution in [0.15, 0.2) is 35.7 Å². The molecule has 3 nitrogen and oxygen atoms in total. The van der Waals surface area contributed by atoms with Gasteiger partial charge in [-0.25, -0.2) is 0 Å². The molecule has 1 heterocycles. The Morgan fingerprint density at radius 3 is 3.00 bits per heavy atom. The number of fused-ring (bicyclic) bond motifs is 1. The van der Waals surface area contributed by atoms with Gasteiger partial charge >= 0.3 is 0 Å². The molecule has 2 rings (SSSR count). The second-order valence-corrected chi connectivity index (χ2v) is 6.45. The highest BCUT2D eigenvalue weighted by atomic mass is 35.5. The van der Waals surface area contributed by atoms with Gasteiger partial charge in [0.15, 0.2) is 0 Å². The zero-order valence-electron chi connectivity index (χ0n) is 12.2. The van der Waals surface area contributed by atoms with Gasteiger partial charge in [-0.05, 0) is 55.0 Å². The van der Waals surface area contributed by atoms with E-state index in [-0.39, 0.29) is 5.91 Å². The summed E-state index contributed by atoms with van der Waals surface area (Å²) in [5, 5.41) is 6.97. The Hall–Kier alpha value is -1.36. The summed E-state index contributed by atoms with van der Waals surface area (Å²) in [4.78, 5) is 13.6. The summed E-state index contributed by atoms with van der Waals surface area (Å²) in [6.45, 7) is 1.39. The van der Waals surface area contributed by atoms with Crippen LogP contribution >= 0.6 is 22.9 Å². The van der Waals surface area contributed by atoms with Crippen molar-refractivity contribution >= 4 is 38.9 Å². The Morgan fingerprint density at radius 2 is 2.24 bits per heavy atom. The second-order valence-electron chi connectivity index (χ2n) is 5.11. The Morgan fingerprint density at radius 1 is 1.43 bits per heavy atom. The summed E-state index contributed by atoms with van der Waals surface area (Å²) < 4.78 is 1.23. The fourth-order valence-electron chi connectivity index (χ4n) is 2.00. The number of rotatable bonds is 6. The van der Waals surface area contributed by atoms with E-state index in [2.05, 4.69) is 10.7 Å². The van der Waals surface area contributed by atoms with Crippen molar-refractivity contribution < 1.29 is 4.79 Å². The molecule has 2 aromatic rings. The molecule has 0 atom stereocenters. The molecular weight excluding hydrogens is 304 g/mol. The fraction of sp³-hybridized carbons (Fsp3) is 0.312. The van der Waals surface area contributed by atoms with Gasteiger partial charge in [-0.2, -0.15) is 0 Å². The Labute approximate surface area is 134 Å². The molecule has 1 aromatic carbocycles. The lowest BCUT2D eigenvalue weighted by atomic mass is 10.1. The Bertz CT molecular complexity index is 649. The van der Waals surface area contributed by atoms with Crippen molar-refractivity contribution in [3.63, 3.8) is 0 Å². The van der Waals surface area contributed by atoms with Crippen LogP contribution in [-0.4, -0.2) is 38.0 Å². The van der Waals surface area contributed by atoms with E-state index < -0.39 is 0 Å². The number of thiophene rings is 1. The number of carbonyl (C=O) groups is 1. The SMILES string of the molecule is CN(C)C/C=C/C(=O)NCCc1csc2ccc(Cl)cc12. The number of nitrogens with zero attached hydrogens (tertiary/aromatic N) is 1. The number of carbonyl (C=O) groups excluding carboxylic acids is 1. The van der Waals surface area contributed by atoms with Gasteiger partial charge in [0.25, 0.3) is 0 Å². The van der Waals surface area contributed by atoms with Crippen molar-refractivity contribution in [3.8, 4) is 0 Å². The van der Waals surface area contributed by atoms with Gasteiger partial charge in [-0.3, -0.25) is 4.79 Å². The van der Waals surface area contributed by atoms with E-state index in [0.29, 0.717) is 6.54 Å². The molecule has 0 fully saturated rings. The summed E-state index contributed by atoms with van der Waals surface area (Å²) in [6, 6.07) is 5.93. The lowest BCUT2D eigenvalue weighted by Gasteiger charge is -2.04. The van der Waals surface area contributed by atoms with Crippen LogP contribution in [0, 0.1) is 0 Å². The standard InChI is InChI=1S/C16H19ClN2OS/c1-19(2)9-3-4-16(20)18-8-7-12-11-21-15-6-5-13(17)10-14(12)15/h3-6,10-11H,7-9H2,1-2H3,(H,18,20)/b4-3+. The normalized spacial score (nSPS) is 11.6. The molecule has 5 heteroatoms. The number of amides is 1. The fourth-order valence-corrected chi connectivity index (χ4v) is 3.15. The zero-order valence-corrected chi connectivity index (χ0v) is 13.8. The number of hydrogen-bond acceptors (Lipinski definition) is 3. The monoisotopic (exact) mass is 322 g/mol. The van der Waals surface area contributed by atoms with Crippen molar-refractivity contribution in [2.24, 2.45) is 0 Å². The lowest BCUT2D eigenvalue weighted by Crippen LogP contribution is -2.24. The van der Waals surface area contributed by atoms with Crippen LogP contribution < -0.4 is 5.32 Å². The minimum atomic E-state index is -0.0468. The van der Waals surface area contributed by atoms with Gasteiger partial charge in [0.05, 0.1) is 0 Å². The molecule has 0 radical (unpaired) electrons. The molecule has 1 aromatic heterocycles. The van der Waals surface area contributed by atoms with Crippen LogP contribution in [0.1, 0.15) is 5.56 Å². The Balaban J connectivity index is 1.86. The van der Waals surface area contributed by atoms with Gasteiger partial charge in [0.1, 0.15) is 0 Å². The molecule has 0 aliphatic carbocycles. The molecule has 0 aliphatic heterocycles. The summed E-state index contributed by atoms with van der Waals surface area (Å²) in [6.07, 6.45) is 4.26. The predicted octanol–water partition coefficient (Wildman–Crippen LogP) is 3.33. The first kappa shape index (κ1) is 16.0. The molecule has 1 N–H and O–H groups in total. The number of likely N-dealkylation sites (N-methyl/N-ethyl adjacent to an activating group) is 1. The quantitative estimate of drug-likeness (QED) is 0.827. The van der Waals surface area contributed by atoms with Crippen LogP contribution in [0.5, 0.6) is 0 Å². The summed E-state index contributed by atoms with van der Waals surface area (Å²) in [5.41, 5.74) is 1.23. The van der Waals surface area contributed by atoms with Crippen LogP contribution in [0.25, 0.3) is 10.1 Å². The van der Waals surface area contributed by atoms with Crippen molar-refractivity contribution in [1.29, 1.82) is 0 Å². The molecule has 0 saturated heterocycles. The third-order valence-electron chi connectivity index (χ3n) is 3.05. The third-order valence-corrected chi connectivity index (χ3v) is 4.30. The maximum absolute atomic E-state index is 11.6. The topological polar surface area (TPSA) is 32.3 Å². The summed E-state index contributed by atoms with van der Waals surface area (Å²) in [7, 11) is 3.93. The highest BCUT2D eigenvalue weighted by Crippen LogP contribution is 2.28. The van der Waals surface area contributed by atoms with Gasteiger partial charge in [0, 0.05) is 28.9 Å². The van der Waals surface area contributed by atoms with E-state index >= 15 is 0 Å². The minimum absolute atomic E-state index is 0.0468. The summed E-state index contributed by atoms with van der Waals surface area (Å²) in [5.74, 6) is -0.0468. The summed E-state index contributed by atoms with van der Waals surface area (Å²) >= 11 is 7.74. The average molecular weight is 323 g/mol. The molecule has 0 spiro atoms. The minimum Gasteiger partial charge on any atom is -0.352 e. The average Bonchev–Trinajstić information content (AvgIpc) is 2.81. The maximum atomic E-state index is 11.6. The van der Waals surface area contributed by atoms with Crippen molar-refractivity contribution in [3.05, 3.63) is 46.3 Å². The van der Waals surface area contributed by atoms with E-state index in [0.717, 1.165) is 18.0 Å². The van der Waals surface area contributed by atoms with E-state index in [1.165, 1.54) is 15.6 Å². The highest BCUT2D eigenvalue weighted by molar-refractivity contribution is 7.17. The lowest BCUT2D eigenvalue weighted by molar-refractivity contribution is -0.116. The third kappa shape index (κ3) is 4.84. The molecule has 0 bridgehead atoms. The van der Waals surface area contributed by atoms with E-state index in [9.17, 15) is 4.79 Å². The number of halogens is 1. The van der Waals surface area contributed by atoms with Gasteiger partial charge in [-0.1, -0.05) is 17.7 Å². The van der Waals surface area contributed by atoms with Gasteiger partial charge in [-0.15, -0.1) is 11.3 Å². The molecule has 0 unspecified atom stereocenters. The second kappa shape index (κ2) is 7.59. The van der Waals surface area contributed by atoms with E-state index in [4.69, 9.17) is 11.6 Å². The number of benzene rings is 1. The smallest absolute Gasteiger partial charge is 0.243 e. The molecule has 0 saturated carbocycles. The largest absolute Gasteiger partial charge is 0.352 e. The molecular formula is C16H19ClN2OS. The first-order valence-corrected chi connectivity index (χ1v) is 8.07. The molecule has 112 valence electrons. The van der Waals surface area contributed by atoms with E-state index in [1.54, 1.807) is 17.4 Å². The number of nitrogens with one attached hydrogen (secondary N) is 1. The van der Waals surface area contributed by atoms with Crippen LogP contribution in [0.2, 0.25) is 5.02 Å². The molecule has 21 heavy (non-hydrogen) atoms. The van der Waals surface area contributed by atoms with Crippen LogP contribution in [-0.2, 0) is 11.2 Å². The highest BCUT2D eigenvalue weighted by Gasteiger charge is 2.05. The van der Waals surface area contributed by atoms with Crippen LogP contribution in [0.3, 0.4) is 0 Å². The number of hydrogen-bond donors (Lipinski definition) is 1. The van der Waals surface area contributed by atoms with Crippen LogP contribution in [0.4, 0.5) is 0 Å². The molecule has 0 aliphatic rings. The molecule has 1 amide bonds. The van der Waals surface area contributed by atoms with Crippen molar-refractivity contribution in [1.82, 2.24) is 10.2 Å². The maximum Gasteiger partial charge on any atom is 0.243 e.